The molecule has 0 spiro atoms. The Balaban J connectivity index is 1.24. The molecule has 1 aromatic carbocycles. The highest BCUT2D eigenvalue weighted by Crippen LogP contribution is 2.32. The van der Waals surface area contributed by atoms with Gasteiger partial charge in [0.2, 0.25) is 5.91 Å². The third-order valence-electron chi connectivity index (χ3n) is 8.09. The standard InChI is InChI=1S/C34H47ClN6O4/c1-40(2)29-12-7-26(8-13-29)23-31-34(43)41(32(39-31)16-11-28-24-36-25-38-28)30-14-9-27(10-15-30)33(42)37-18-20-45-22-21-44-19-6-4-3-5-17-35/h7-8,11-13,16,23-25,27,30H,3-6,9-10,14-15,17-22H2,1-2H3,(H,36,38)(H,37,42)/b16-11+,31-23-. The summed E-state index contributed by atoms with van der Waals surface area (Å²) >= 11 is 5.69. The number of aromatic amines is 1. The average molecular weight is 639 g/mol. The lowest BCUT2D eigenvalue weighted by Gasteiger charge is -2.34. The highest BCUT2D eigenvalue weighted by Gasteiger charge is 2.37. The van der Waals surface area contributed by atoms with Crippen LogP contribution in [-0.4, -0.2) is 91.5 Å². The first kappa shape index (κ1) is 34.4. The van der Waals surface area contributed by atoms with Crippen molar-refractivity contribution in [3.8, 4) is 0 Å². The Hall–Kier alpha value is -3.47. The lowest BCUT2D eigenvalue weighted by molar-refractivity contribution is -0.127. The average Bonchev–Trinajstić information content (AvgIpc) is 3.68. The highest BCUT2D eigenvalue weighted by atomic mass is 35.5. The van der Waals surface area contributed by atoms with Crippen LogP contribution in [0.15, 0.2) is 53.6 Å². The summed E-state index contributed by atoms with van der Waals surface area (Å²) < 4.78 is 11.2. The van der Waals surface area contributed by atoms with E-state index in [4.69, 9.17) is 26.1 Å². The number of nitrogens with zero attached hydrogens (tertiary/aromatic N) is 4. The fourth-order valence-corrected chi connectivity index (χ4v) is 5.72. The van der Waals surface area contributed by atoms with Crippen molar-refractivity contribution in [2.24, 2.45) is 10.9 Å². The maximum atomic E-state index is 13.7. The van der Waals surface area contributed by atoms with Crippen LogP contribution in [0.4, 0.5) is 5.69 Å². The first-order valence-corrected chi connectivity index (χ1v) is 16.6. The van der Waals surface area contributed by atoms with Crippen molar-refractivity contribution >= 4 is 47.1 Å². The molecule has 2 N–H and O–H groups in total. The van der Waals surface area contributed by atoms with Crippen LogP contribution in [0.5, 0.6) is 0 Å². The van der Waals surface area contributed by atoms with Gasteiger partial charge in [-0.3, -0.25) is 14.5 Å². The van der Waals surface area contributed by atoms with Crippen molar-refractivity contribution < 1.29 is 19.1 Å². The van der Waals surface area contributed by atoms with Gasteiger partial charge in [-0.15, -0.1) is 11.6 Å². The lowest BCUT2D eigenvalue weighted by atomic mass is 9.84. The zero-order valence-electron chi connectivity index (χ0n) is 26.6. The molecule has 0 unspecified atom stereocenters. The topological polar surface area (TPSA) is 112 Å². The number of amidine groups is 1. The molecule has 45 heavy (non-hydrogen) atoms. The minimum absolute atomic E-state index is 0.0302. The highest BCUT2D eigenvalue weighted by molar-refractivity contribution is 6.19. The summed E-state index contributed by atoms with van der Waals surface area (Å²) in [6.07, 6.45) is 16.2. The normalized spacial score (nSPS) is 19.4. The van der Waals surface area contributed by atoms with Gasteiger partial charge in [0.15, 0.2) is 0 Å². The Morgan fingerprint density at radius 1 is 1.02 bits per heavy atom. The second kappa shape index (κ2) is 18.5. The van der Waals surface area contributed by atoms with Crippen molar-refractivity contribution in [3.05, 3.63) is 59.8 Å². The summed E-state index contributed by atoms with van der Waals surface area (Å²) in [7, 11) is 3.99. The molecule has 11 heteroatoms. The Morgan fingerprint density at radius 3 is 2.44 bits per heavy atom. The molecule has 0 radical (unpaired) electrons. The number of unbranched alkanes of at least 4 members (excludes halogenated alkanes) is 3. The monoisotopic (exact) mass is 638 g/mol. The number of hydrogen-bond acceptors (Lipinski definition) is 7. The van der Waals surface area contributed by atoms with Gasteiger partial charge in [0.25, 0.3) is 5.91 Å². The van der Waals surface area contributed by atoms with Crippen LogP contribution in [0.1, 0.15) is 62.6 Å². The number of alkyl halides is 1. The van der Waals surface area contributed by atoms with E-state index in [1.165, 1.54) is 0 Å². The number of aliphatic imine (C=N–C) groups is 1. The Bertz CT molecular complexity index is 1280. The largest absolute Gasteiger partial charge is 0.379 e. The van der Waals surface area contributed by atoms with Gasteiger partial charge in [-0.05, 0) is 74.4 Å². The number of aromatic nitrogens is 2. The summed E-state index contributed by atoms with van der Waals surface area (Å²) in [5.41, 5.74) is 3.23. The number of nitrogens with one attached hydrogen (secondary N) is 2. The van der Waals surface area contributed by atoms with Crippen molar-refractivity contribution in [1.29, 1.82) is 0 Å². The molecule has 1 aliphatic carbocycles. The second-order valence-electron chi connectivity index (χ2n) is 11.6. The van der Waals surface area contributed by atoms with Crippen LogP contribution in [0.2, 0.25) is 0 Å². The number of imidazole rings is 1. The van der Waals surface area contributed by atoms with Crippen LogP contribution >= 0.6 is 11.6 Å². The maximum absolute atomic E-state index is 13.7. The number of H-pyrrole nitrogens is 1. The van der Waals surface area contributed by atoms with E-state index in [0.29, 0.717) is 50.7 Å². The molecule has 4 rings (SSSR count). The van der Waals surface area contributed by atoms with Gasteiger partial charge in [0.1, 0.15) is 11.5 Å². The van der Waals surface area contributed by atoms with Gasteiger partial charge < -0.3 is 24.7 Å². The van der Waals surface area contributed by atoms with Gasteiger partial charge in [0.05, 0.1) is 38.0 Å². The molecule has 1 fully saturated rings. The van der Waals surface area contributed by atoms with Gasteiger partial charge in [-0.25, -0.2) is 9.98 Å². The van der Waals surface area contributed by atoms with E-state index in [1.807, 2.05) is 61.5 Å². The predicted molar refractivity (Wildman–Crippen MR) is 180 cm³/mol. The summed E-state index contributed by atoms with van der Waals surface area (Å²) in [5.74, 6) is 1.18. The Labute approximate surface area is 271 Å². The number of anilines is 1. The number of rotatable bonds is 18. The molecular weight excluding hydrogens is 592 g/mol. The minimum atomic E-state index is -0.115. The number of ether oxygens (including phenoxy) is 2. The van der Waals surface area contributed by atoms with Crippen LogP contribution in [0.25, 0.3) is 12.2 Å². The third-order valence-corrected chi connectivity index (χ3v) is 8.35. The van der Waals surface area contributed by atoms with Crippen LogP contribution in [0, 0.1) is 5.92 Å². The zero-order valence-corrected chi connectivity index (χ0v) is 27.3. The first-order valence-electron chi connectivity index (χ1n) is 16.0. The van der Waals surface area contributed by atoms with Crippen molar-refractivity contribution in [1.82, 2.24) is 20.2 Å². The fraction of sp³-hybridized carbons (Fsp3) is 0.529. The van der Waals surface area contributed by atoms with E-state index < -0.39 is 0 Å². The SMILES string of the molecule is CN(C)c1ccc(/C=C2N=C(/C=C/c3cnc[nH]3)N(C3CCC(C(=O)NCCOCCOCCCCCCCl)CC3)C\2=O)cc1. The summed E-state index contributed by atoms with van der Waals surface area (Å²) in [6.45, 7) is 2.75. The van der Waals surface area contributed by atoms with E-state index in [1.54, 1.807) is 17.4 Å². The van der Waals surface area contributed by atoms with E-state index in [-0.39, 0.29) is 23.8 Å². The summed E-state index contributed by atoms with van der Waals surface area (Å²) in [4.78, 5) is 42.2. The zero-order chi connectivity index (χ0) is 31.9. The van der Waals surface area contributed by atoms with Gasteiger partial charge in [-0.1, -0.05) is 25.0 Å². The minimum Gasteiger partial charge on any atom is -0.379 e. The molecule has 2 aliphatic rings. The van der Waals surface area contributed by atoms with Crippen molar-refractivity contribution in [3.63, 3.8) is 0 Å². The van der Waals surface area contributed by atoms with E-state index >= 15 is 0 Å². The molecule has 0 saturated heterocycles. The van der Waals surface area contributed by atoms with Crippen molar-refractivity contribution in [2.75, 3.05) is 57.8 Å². The third kappa shape index (κ3) is 10.8. The smallest absolute Gasteiger partial charge is 0.278 e. The van der Waals surface area contributed by atoms with Crippen molar-refractivity contribution in [2.45, 2.75) is 57.4 Å². The fourth-order valence-electron chi connectivity index (χ4n) is 5.53. The molecule has 244 valence electrons. The van der Waals surface area contributed by atoms with Gasteiger partial charge >= 0.3 is 0 Å². The molecule has 10 nitrogen and oxygen atoms in total. The Kier molecular flexibility index (Phi) is 14.1. The molecule has 2 aromatic rings. The quantitative estimate of drug-likeness (QED) is 0.131. The molecule has 2 heterocycles. The molecule has 2 amide bonds. The first-order chi connectivity index (χ1) is 22.0. The van der Waals surface area contributed by atoms with Crippen LogP contribution < -0.4 is 10.2 Å². The molecule has 1 aromatic heterocycles. The number of benzene rings is 1. The van der Waals surface area contributed by atoms with Crippen LogP contribution in [-0.2, 0) is 19.1 Å². The van der Waals surface area contributed by atoms with E-state index in [0.717, 1.165) is 68.0 Å². The van der Waals surface area contributed by atoms with Gasteiger partial charge in [-0.2, -0.15) is 0 Å². The number of amides is 2. The Morgan fingerprint density at radius 2 is 1.76 bits per heavy atom. The molecule has 0 bridgehead atoms. The number of carbonyl (C=O) groups is 2. The molecular formula is C34H47ClN6O4. The van der Waals surface area contributed by atoms with Gasteiger partial charge in [0, 0.05) is 50.8 Å². The number of halogens is 1. The number of carbonyl (C=O) groups excluding carboxylic acids is 2. The predicted octanol–water partition coefficient (Wildman–Crippen LogP) is 5.28. The van der Waals surface area contributed by atoms with Crippen LogP contribution in [0.3, 0.4) is 0 Å². The van der Waals surface area contributed by atoms with E-state index in [9.17, 15) is 9.59 Å². The summed E-state index contributed by atoms with van der Waals surface area (Å²) in [5, 5.41) is 3.01. The molecule has 1 saturated carbocycles. The second-order valence-corrected chi connectivity index (χ2v) is 12.0. The van der Waals surface area contributed by atoms with E-state index in [2.05, 4.69) is 15.3 Å². The summed E-state index contributed by atoms with van der Waals surface area (Å²) in [6, 6.07) is 7.99. The lowest BCUT2D eigenvalue weighted by Crippen LogP contribution is -2.44. The number of hydrogen-bond donors (Lipinski definition) is 2. The molecule has 0 atom stereocenters. The maximum Gasteiger partial charge on any atom is 0.278 e. The molecule has 1 aliphatic heterocycles.